The molecule has 0 saturated heterocycles. The van der Waals surface area contributed by atoms with Crippen LogP contribution in [-0.4, -0.2) is 22.4 Å². The number of H-pyrrole nitrogens is 1. The van der Waals surface area contributed by atoms with E-state index >= 15 is 0 Å². The van der Waals surface area contributed by atoms with Crippen LogP contribution >= 0.6 is 0 Å². The minimum Gasteiger partial charge on any atom is -0.406 e. The molecule has 2 N–H and O–H groups in total. The number of hydrogen-bond donors (Lipinski definition) is 2. The number of fused-ring (bicyclic) bond motifs is 1. The molecule has 0 spiro atoms. The molecule has 1 aliphatic rings. The van der Waals surface area contributed by atoms with Gasteiger partial charge in [-0.2, -0.15) is 0 Å². The van der Waals surface area contributed by atoms with Crippen LogP contribution in [0.4, 0.5) is 0 Å². The fraction of sp³-hybridized carbons (Fsp3) is 0.500. The Kier molecular flexibility index (Phi) is 2.88. The molecule has 6 heteroatoms. The van der Waals surface area contributed by atoms with Crippen molar-refractivity contribution >= 4 is 17.1 Å². The monoisotopic (exact) mass is 275 g/mol. The number of carbonyl (C=O) groups excluding carboxylic acids is 1. The van der Waals surface area contributed by atoms with Crippen molar-refractivity contribution in [3.05, 3.63) is 28.4 Å². The summed E-state index contributed by atoms with van der Waals surface area (Å²) in [4.78, 5) is 29.7. The largest absolute Gasteiger partial charge is 0.418 e. The predicted molar refractivity (Wildman–Crippen MR) is 73.5 cm³/mol. The van der Waals surface area contributed by atoms with E-state index in [4.69, 9.17) is 4.42 Å². The predicted octanol–water partition coefficient (Wildman–Crippen LogP) is 1.68. The van der Waals surface area contributed by atoms with E-state index in [0.717, 1.165) is 12.8 Å². The van der Waals surface area contributed by atoms with Gasteiger partial charge in [0.1, 0.15) is 5.69 Å². The summed E-state index contributed by atoms with van der Waals surface area (Å²) >= 11 is 0. The second-order valence-corrected chi connectivity index (χ2v) is 5.76. The van der Waals surface area contributed by atoms with Crippen LogP contribution in [-0.2, 0) is 0 Å². The maximum atomic E-state index is 12.1. The zero-order valence-corrected chi connectivity index (χ0v) is 11.5. The molecule has 6 nitrogen and oxygen atoms in total. The first-order valence-electron chi connectivity index (χ1n) is 6.78. The molecule has 0 unspecified atom stereocenters. The van der Waals surface area contributed by atoms with Crippen LogP contribution in [0.25, 0.3) is 11.2 Å². The van der Waals surface area contributed by atoms with E-state index in [1.807, 2.05) is 0 Å². The van der Waals surface area contributed by atoms with Crippen LogP contribution in [0.5, 0.6) is 0 Å². The molecule has 20 heavy (non-hydrogen) atoms. The average Bonchev–Trinajstić information content (AvgIpc) is 3.11. The second-order valence-electron chi connectivity index (χ2n) is 5.76. The van der Waals surface area contributed by atoms with Crippen molar-refractivity contribution < 1.29 is 9.21 Å². The van der Waals surface area contributed by atoms with Crippen LogP contribution in [0.15, 0.2) is 21.3 Å². The quantitative estimate of drug-likeness (QED) is 0.888. The molecule has 1 fully saturated rings. The van der Waals surface area contributed by atoms with Gasteiger partial charge >= 0.3 is 5.76 Å². The summed E-state index contributed by atoms with van der Waals surface area (Å²) in [5, 5.41) is 2.93. The lowest BCUT2D eigenvalue weighted by Crippen LogP contribution is -2.33. The molecule has 2 aromatic rings. The van der Waals surface area contributed by atoms with E-state index in [0.29, 0.717) is 23.7 Å². The molecule has 0 aromatic carbocycles. The molecule has 0 atom stereocenters. The van der Waals surface area contributed by atoms with Gasteiger partial charge in [-0.25, -0.2) is 9.78 Å². The summed E-state index contributed by atoms with van der Waals surface area (Å²) < 4.78 is 4.85. The number of nitrogens with one attached hydrogen (secondary N) is 2. The van der Waals surface area contributed by atoms with Gasteiger partial charge in [0.25, 0.3) is 5.91 Å². The fourth-order valence-corrected chi connectivity index (χ4v) is 2.43. The molecule has 1 amide bonds. The zero-order chi connectivity index (χ0) is 14.3. The third-order valence-corrected chi connectivity index (χ3v) is 4.23. The van der Waals surface area contributed by atoms with Crippen LogP contribution in [0, 0.1) is 11.3 Å². The molecule has 106 valence electrons. The van der Waals surface area contributed by atoms with Gasteiger partial charge in [0.2, 0.25) is 0 Å². The summed E-state index contributed by atoms with van der Waals surface area (Å²) in [5.74, 6) is -0.230. The number of amides is 1. The molecule has 1 aliphatic carbocycles. The van der Waals surface area contributed by atoms with Gasteiger partial charge in [0, 0.05) is 6.54 Å². The van der Waals surface area contributed by atoms with E-state index in [1.54, 1.807) is 12.1 Å². The molecule has 0 radical (unpaired) electrons. The van der Waals surface area contributed by atoms with Gasteiger partial charge in [-0.1, -0.05) is 13.8 Å². The lowest BCUT2D eigenvalue weighted by atomic mass is 9.92. The topological polar surface area (TPSA) is 88.0 Å². The molecule has 2 aromatic heterocycles. The fourth-order valence-electron chi connectivity index (χ4n) is 2.43. The first kappa shape index (κ1) is 12.9. The molecular formula is C14H17N3O3. The van der Waals surface area contributed by atoms with Crippen LogP contribution in [0.3, 0.4) is 0 Å². The van der Waals surface area contributed by atoms with Crippen molar-refractivity contribution in [3.63, 3.8) is 0 Å². The number of carbonyl (C=O) groups is 1. The smallest absolute Gasteiger partial charge is 0.406 e. The standard InChI is InChI=1S/C14H17N3O3/c1-8(2)14(5-6-14)7-15-12(18)9-3-4-10-11(16-9)17-13(19)20-10/h3-4,8H,5-7H2,1-2H3,(H,15,18)(H,16,17,19). The zero-order valence-electron chi connectivity index (χ0n) is 11.5. The minimum atomic E-state index is -0.568. The van der Waals surface area contributed by atoms with Crippen molar-refractivity contribution in [2.24, 2.45) is 11.3 Å². The molecular weight excluding hydrogens is 258 g/mol. The SMILES string of the molecule is CC(C)C1(CNC(=O)c2ccc3oc(=O)[nH]c3n2)CC1. The summed E-state index contributed by atoms with van der Waals surface area (Å²) in [6, 6.07) is 3.13. The highest BCUT2D eigenvalue weighted by Gasteiger charge is 2.45. The van der Waals surface area contributed by atoms with Gasteiger partial charge in [0.15, 0.2) is 11.2 Å². The normalized spacial score (nSPS) is 16.6. The highest BCUT2D eigenvalue weighted by atomic mass is 16.4. The van der Waals surface area contributed by atoms with Crippen LogP contribution in [0.1, 0.15) is 37.2 Å². The summed E-state index contributed by atoms with van der Waals surface area (Å²) in [6.45, 7) is 5.03. The number of aromatic nitrogens is 2. The molecule has 2 heterocycles. The highest BCUT2D eigenvalue weighted by Crippen LogP contribution is 2.51. The third-order valence-electron chi connectivity index (χ3n) is 4.23. The Bertz CT molecular complexity index is 710. The number of nitrogens with zero attached hydrogens (tertiary/aromatic N) is 1. The van der Waals surface area contributed by atoms with Crippen LogP contribution < -0.4 is 11.1 Å². The average molecular weight is 275 g/mol. The third kappa shape index (κ3) is 2.21. The Morgan fingerprint density at radius 3 is 2.90 bits per heavy atom. The Balaban J connectivity index is 1.74. The van der Waals surface area contributed by atoms with E-state index in [-0.39, 0.29) is 17.0 Å². The van der Waals surface area contributed by atoms with Crippen molar-refractivity contribution in [2.75, 3.05) is 6.54 Å². The maximum Gasteiger partial charge on any atom is 0.418 e. The Morgan fingerprint density at radius 1 is 1.50 bits per heavy atom. The van der Waals surface area contributed by atoms with Crippen molar-refractivity contribution in [1.82, 2.24) is 15.3 Å². The van der Waals surface area contributed by atoms with E-state index in [2.05, 4.69) is 29.1 Å². The minimum absolute atomic E-state index is 0.221. The molecule has 3 rings (SSSR count). The highest BCUT2D eigenvalue weighted by molar-refractivity contribution is 5.93. The van der Waals surface area contributed by atoms with Gasteiger partial charge in [-0.15, -0.1) is 0 Å². The molecule has 0 aliphatic heterocycles. The lowest BCUT2D eigenvalue weighted by Gasteiger charge is -2.19. The van der Waals surface area contributed by atoms with Crippen LogP contribution in [0.2, 0.25) is 0 Å². The number of rotatable bonds is 4. The number of hydrogen-bond acceptors (Lipinski definition) is 4. The van der Waals surface area contributed by atoms with Gasteiger partial charge in [0.05, 0.1) is 0 Å². The number of oxazole rings is 1. The Morgan fingerprint density at radius 2 is 2.25 bits per heavy atom. The summed E-state index contributed by atoms with van der Waals surface area (Å²) in [7, 11) is 0. The van der Waals surface area contributed by atoms with Crippen molar-refractivity contribution in [2.45, 2.75) is 26.7 Å². The second kappa shape index (κ2) is 4.47. The van der Waals surface area contributed by atoms with Gasteiger partial charge in [-0.05, 0) is 36.3 Å². The van der Waals surface area contributed by atoms with E-state index in [9.17, 15) is 9.59 Å². The lowest BCUT2D eigenvalue weighted by molar-refractivity contribution is 0.0935. The summed E-state index contributed by atoms with van der Waals surface area (Å²) in [5.41, 5.74) is 1.19. The Labute approximate surface area is 115 Å². The van der Waals surface area contributed by atoms with Crippen molar-refractivity contribution in [3.8, 4) is 0 Å². The van der Waals surface area contributed by atoms with E-state index in [1.165, 1.54) is 0 Å². The molecule has 0 bridgehead atoms. The number of pyridine rings is 1. The first-order chi connectivity index (χ1) is 9.50. The summed E-state index contributed by atoms with van der Waals surface area (Å²) in [6.07, 6.45) is 2.32. The maximum absolute atomic E-state index is 12.1. The van der Waals surface area contributed by atoms with E-state index < -0.39 is 5.76 Å². The van der Waals surface area contributed by atoms with Gasteiger partial charge in [-0.3, -0.25) is 9.78 Å². The molecule has 1 saturated carbocycles. The Hall–Kier alpha value is -2.11. The number of aromatic amines is 1. The van der Waals surface area contributed by atoms with Gasteiger partial charge < -0.3 is 9.73 Å². The van der Waals surface area contributed by atoms with Crippen molar-refractivity contribution in [1.29, 1.82) is 0 Å². The first-order valence-corrected chi connectivity index (χ1v) is 6.78.